The quantitative estimate of drug-likeness (QED) is 0.672. The van der Waals surface area contributed by atoms with E-state index in [1.54, 1.807) is 36.5 Å². The molecule has 0 heterocycles. The third-order valence-corrected chi connectivity index (χ3v) is 4.68. The van der Waals surface area contributed by atoms with Gasteiger partial charge in [-0.25, -0.2) is 4.39 Å². The van der Waals surface area contributed by atoms with Gasteiger partial charge < -0.3 is 5.32 Å². The maximum absolute atomic E-state index is 14.4. The molecule has 0 bridgehead atoms. The number of nitrogens with zero attached hydrogens (tertiary/aromatic N) is 1. The van der Waals surface area contributed by atoms with Crippen molar-refractivity contribution in [2.45, 2.75) is 5.92 Å². The fourth-order valence-electron chi connectivity index (χ4n) is 3.46. The number of benzene rings is 3. The number of nitrogens with one attached hydrogen (secondary N) is 1. The van der Waals surface area contributed by atoms with Gasteiger partial charge in [-0.15, -0.1) is 0 Å². The second-order valence-corrected chi connectivity index (χ2v) is 6.31. The number of ketones is 1. The number of allylic oxidation sites excluding steroid dienone is 1. The van der Waals surface area contributed by atoms with E-state index in [0.29, 0.717) is 22.4 Å². The Balaban J connectivity index is 1.79. The van der Waals surface area contributed by atoms with Gasteiger partial charge in [-0.3, -0.25) is 4.79 Å². The van der Waals surface area contributed by atoms with Gasteiger partial charge in [0.1, 0.15) is 5.82 Å². The van der Waals surface area contributed by atoms with Crippen LogP contribution in [0.15, 0.2) is 84.6 Å². The van der Waals surface area contributed by atoms with Crippen molar-refractivity contribution < 1.29 is 9.18 Å². The summed E-state index contributed by atoms with van der Waals surface area (Å²) in [7, 11) is 0. The van der Waals surface area contributed by atoms with E-state index in [-0.39, 0.29) is 17.3 Å². The van der Waals surface area contributed by atoms with Gasteiger partial charge in [0.05, 0.1) is 17.2 Å². The summed E-state index contributed by atoms with van der Waals surface area (Å²) in [5, 5.41) is 12.1. The summed E-state index contributed by atoms with van der Waals surface area (Å²) in [5.41, 5.74) is 3.41. The minimum atomic E-state index is -0.506. The summed E-state index contributed by atoms with van der Waals surface area (Å²) < 4.78 is 14.4. The van der Waals surface area contributed by atoms with Gasteiger partial charge in [0.2, 0.25) is 0 Å². The van der Waals surface area contributed by atoms with Crippen LogP contribution in [-0.4, -0.2) is 5.78 Å². The highest BCUT2D eigenvalue weighted by molar-refractivity contribution is 6.15. The smallest absolute Gasteiger partial charge is 0.194 e. The monoisotopic (exact) mass is 354 g/mol. The van der Waals surface area contributed by atoms with E-state index in [1.165, 1.54) is 6.07 Å². The Morgan fingerprint density at radius 1 is 1.00 bits per heavy atom. The Hall–Kier alpha value is -3.71. The van der Waals surface area contributed by atoms with Crippen molar-refractivity contribution in [1.29, 1.82) is 5.26 Å². The Morgan fingerprint density at radius 3 is 2.56 bits per heavy atom. The van der Waals surface area contributed by atoms with Crippen LogP contribution in [0.2, 0.25) is 0 Å². The number of Topliss-reactive ketones (excluding diaryl/α,β-unsaturated/α-hetero) is 1. The van der Waals surface area contributed by atoms with Crippen LogP contribution in [0.5, 0.6) is 0 Å². The predicted molar refractivity (Wildman–Crippen MR) is 102 cm³/mol. The Morgan fingerprint density at radius 2 is 1.78 bits per heavy atom. The number of hydrogen-bond donors (Lipinski definition) is 1. The summed E-state index contributed by atoms with van der Waals surface area (Å²) in [4.78, 5) is 12.9. The highest BCUT2D eigenvalue weighted by Crippen LogP contribution is 2.42. The summed E-state index contributed by atoms with van der Waals surface area (Å²) in [5.74, 6) is -1.16. The number of halogens is 1. The van der Waals surface area contributed by atoms with Crippen LogP contribution in [-0.2, 0) is 0 Å². The predicted octanol–water partition coefficient (Wildman–Crippen LogP) is 5.02. The van der Waals surface area contributed by atoms with E-state index >= 15 is 0 Å². The fraction of sp³-hybridized carbons (Fsp3) is 0.0435. The third kappa shape index (κ3) is 3.00. The van der Waals surface area contributed by atoms with Crippen molar-refractivity contribution >= 4 is 11.5 Å². The molecule has 0 radical (unpaired) electrons. The molecule has 27 heavy (non-hydrogen) atoms. The molecule has 3 aromatic rings. The molecule has 0 spiro atoms. The van der Waals surface area contributed by atoms with Crippen molar-refractivity contribution in [1.82, 2.24) is 0 Å². The van der Waals surface area contributed by atoms with Crippen molar-refractivity contribution in [3.8, 4) is 6.07 Å². The average Bonchev–Trinajstić information content (AvgIpc) is 3.00. The van der Waals surface area contributed by atoms with E-state index in [4.69, 9.17) is 5.26 Å². The molecule has 0 fully saturated rings. The summed E-state index contributed by atoms with van der Waals surface area (Å²) in [6.45, 7) is 0. The average molecular weight is 354 g/mol. The zero-order chi connectivity index (χ0) is 18.8. The third-order valence-electron chi connectivity index (χ3n) is 4.68. The molecular weight excluding hydrogens is 339 g/mol. The Labute approximate surface area is 156 Å². The van der Waals surface area contributed by atoms with E-state index in [2.05, 4.69) is 11.4 Å². The van der Waals surface area contributed by atoms with Gasteiger partial charge in [0, 0.05) is 23.4 Å². The Kier molecular flexibility index (Phi) is 4.27. The van der Waals surface area contributed by atoms with Crippen LogP contribution in [0.4, 0.5) is 10.1 Å². The van der Waals surface area contributed by atoms with Gasteiger partial charge in [0.25, 0.3) is 0 Å². The molecule has 0 amide bonds. The van der Waals surface area contributed by atoms with Crippen LogP contribution in [0, 0.1) is 17.1 Å². The van der Waals surface area contributed by atoms with Crippen LogP contribution < -0.4 is 5.32 Å². The Bertz CT molecular complexity index is 1100. The SMILES string of the molecule is N#Cc1cccc(N/C=C2/C(=O)c3c(F)cccc3C2c2ccccc2)c1. The van der Waals surface area contributed by atoms with Crippen LogP contribution >= 0.6 is 0 Å². The van der Waals surface area contributed by atoms with Gasteiger partial charge in [-0.2, -0.15) is 5.26 Å². The maximum Gasteiger partial charge on any atom is 0.194 e. The van der Waals surface area contributed by atoms with Crippen LogP contribution in [0.25, 0.3) is 0 Å². The molecule has 0 aromatic heterocycles. The first-order valence-electron chi connectivity index (χ1n) is 8.54. The largest absolute Gasteiger partial charge is 0.361 e. The van der Waals surface area contributed by atoms with Crippen LogP contribution in [0.3, 0.4) is 0 Å². The van der Waals surface area contributed by atoms with Crippen LogP contribution in [0.1, 0.15) is 33.0 Å². The molecule has 3 aromatic carbocycles. The van der Waals surface area contributed by atoms with E-state index in [9.17, 15) is 9.18 Å². The van der Waals surface area contributed by atoms with Gasteiger partial charge in [0.15, 0.2) is 5.78 Å². The summed E-state index contributed by atoms with van der Waals surface area (Å²) in [6, 6.07) is 23.4. The number of hydrogen-bond acceptors (Lipinski definition) is 3. The standard InChI is InChI=1S/C23H15FN2O/c24-20-11-5-10-18-21(16-7-2-1-3-8-16)19(23(27)22(18)20)14-26-17-9-4-6-15(12-17)13-25/h1-12,14,21,26H/b19-14+. The normalized spacial score (nSPS) is 16.8. The topological polar surface area (TPSA) is 52.9 Å². The maximum atomic E-state index is 14.4. The number of nitriles is 1. The number of anilines is 1. The lowest BCUT2D eigenvalue weighted by Gasteiger charge is -2.14. The molecule has 0 saturated heterocycles. The van der Waals surface area contributed by atoms with Crippen molar-refractivity contribution in [3.05, 3.63) is 113 Å². The molecule has 0 saturated carbocycles. The number of rotatable bonds is 3. The van der Waals surface area contributed by atoms with Gasteiger partial charge in [-0.05, 0) is 35.4 Å². The highest BCUT2D eigenvalue weighted by Gasteiger charge is 2.37. The van der Waals surface area contributed by atoms with Gasteiger partial charge in [-0.1, -0.05) is 48.5 Å². The van der Waals surface area contributed by atoms with Crippen molar-refractivity contribution in [2.75, 3.05) is 5.32 Å². The summed E-state index contributed by atoms with van der Waals surface area (Å²) >= 11 is 0. The van der Waals surface area contributed by atoms with Crippen molar-refractivity contribution in [2.24, 2.45) is 0 Å². The molecule has 1 aliphatic carbocycles. The molecule has 3 nitrogen and oxygen atoms in total. The van der Waals surface area contributed by atoms with Crippen molar-refractivity contribution in [3.63, 3.8) is 0 Å². The minimum absolute atomic E-state index is 0.130. The first-order valence-corrected chi connectivity index (χ1v) is 8.54. The molecule has 1 unspecified atom stereocenters. The summed E-state index contributed by atoms with van der Waals surface area (Å²) in [6.07, 6.45) is 1.62. The molecule has 4 heteroatoms. The lowest BCUT2D eigenvalue weighted by Crippen LogP contribution is -2.05. The number of carbonyl (C=O) groups is 1. The molecule has 1 N–H and O–H groups in total. The molecular formula is C23H15FN2O. The molecule has 130 valence electrons. The lowest BCUT2D eigenvalue weighted by molar-refractivity contribution is 0.103. The molecule has 1 aliphatic rings. The van der Waals surface area contributed by atoms with E-state index < -0.39 is 5.82 Å². The zero-order valence-corrected chi connectivity index (χ0v) is 14.3. The van der Waals surface area contributed by atoms with Gasteiger partial charge >= 0.3 is 0 Å². The minimum Gasteiger partial charge on any atom is -0.361 e. The molecule has 1 atom stereocenters. The highest BCUT2D eigenvalue weighted by atomic mass is 19.1. The molecule has 0 aliphatic heterocycles. The van der Waals surface area contributed by atoms with E-state index in [0.717, 1.165) is 5.56 Å². The second-order valence-electron chi connectivity index (χ2n) is 6.31. The second kappa shape index (κ2) is 6.89. The molecule has 4 rings (SSSR count). The fourth-order valence-corrected chi connectivity index (χ4v) is 3.46. The van der Waals surface area contributed by atoms with E-state index in [1.807, 2.05) is 36.4 Å². The first kappa shape index (κ1) is 16.7. The zero-order valence-electron chi connectivity index (χ0n) is 14.3. The number of carbonyl (C=O) groups excluding carboxylic acids is 1. The first-order chi connectivity index (χ1) is 13.2. The number of fused-ring (bicyclic) bond motifs is 1. The lowest BCUT2D eigenvalue weighted by atomic mass is 9.90.